The number of carbonyl (C=O) groups is 1. The monoisotopic (exact) mass is 518 g/mol. The second kappa shape index (κ2) is 11.7. The Morgan fingerprint density at radius 3 is 2.68 bits per heavy atom. The summed E-state index contributed by atoms with van der Waals surface area (Å²) in [4.78, 5) is 31.2. The number of piperidine rings is 1. The summed E-state index contributed by atoms with van der Waals surface area (Å²) in [7, 11) is 0. The molecule has 1 saturated heterocycles. The van der Waals surface area contributed by atoms with Gasteiger partial charge in [-0.2, -0.15) is 15.0 Å². The van der Waals surface area contributed by atoms with E-state index < -0.39 is 0 Å². The maximum absolute atomic E-state index is 12.8. The van der Waals surface area contributed by atoms with Gasteiger partial charge >= 0.3 is 0 Å². The molecule has 0 aliphatic carbocycles. The molecule has 1 amide bonds. The third-order valence-corrected chi connectivity index (χ3v) is 7.27. The lowest BCUT2D eigenvalue weighted by Crippen LogP contribution is -2.44. The van der Waals surface area contributed by atoms with Gasteiger partial charge in [0.25, 0.3) is 0 Å². The molecule has 38 heavy (non-hydrogen) atoms. The molecule has 2 aliphatic rings. The first kappa shape index (κ1) is 25.9. The summed E-state index contributed by atoms with van der Waals surface area (Å²) >= 11 is 0. The number of benzene rings is 2. The second-order valence-corrected chi connectivity index (χ2v) is 9.80. The highest BCUT2D eigenvalue weighted by Crippen LogP contribution is 2.34. The highest BCUT2D eigenvalue weighted by molar-refractivity contribution is 5.79. The number of rotatable bonds is 8. The number of amides is 1. The molecule has 1 fully saturated rings. The summed E-state index contributed by atoms with van der Waals surface area (Å²) in [6, 6.07) is 14.6. The number of hydrogen-bond acceptors (Lipinski definition) is 9. The fraction of sp³-hybridized carbons (Fsp3) is 0.429. The number of aromatic nitrogens is 3. The molecule has 10 heteroatoms. The molecule has 1 aromatic heterocycles. The van der Waals surface area contributed by atoms with Gasteiger partial charge in [0.15, 0.2) is 5.82 Å². The summed E-state index contributed by atoms with van der Waals surface area (Å²) in [5.74, 6) is 1.22. The van der Waals surface area contributed by atoms with Crippen LogP contribution in [0.3, 0.4) is 0 Å². The van der Waals surface area contributed by atoms with Crippen LogP contribution in [0.2, 0.25) is 0 Å². The molecule has 0 saturated carbocycles. The van der Waals surface area contributed by atoms with Crippen molar-refractivity contribution >= 4 is 17.8 Å². The first-order valence-corrected chi connectivity index (χ1v) is 13.2. The number of phenols is 1. The van der Waals surface area contributed by atoms with Gasteiger partial charge in [0.05, 0.1) is 18.6 Å². The Bertz CT molecular complexity index is 1270. The largest absolute Gasteiger partial charge is 0.508 e. The van der Waals surface area contributed by atoms with Gasteiger partial charge in [0.1, 0.15) is 5.75 Å². The Hall–Kier alpha value is -3.76. The Morgan fingerprint density at radius 2 is 1.87 bits per heavy atom. The molecule has 4 N–H and O–H groups in total. The SMILES string of the molecule is O=C(NCCCO)C1CCCN(c2nc(-c3cccc(O)c3)nc(N3CCc4ccccc4[C@@H]3CO)n2)C1. The number of hydrogen-bond donors (Lipinski definition) is 4. The van der Waals surface area contributed by atoms with Crippen LogP contribution in [-0.2, 0) is 11.2 Å². The number of aliphatic hydroxyl groups is 2. The summed E-state index contributed by atoms with van der Waals surface area (Å²) in [6.07, 6.45) is 2.91. The van der Waals surface area contributed by atoms with Crippen LogP contribution in [0.1, 0.15) is 36.4 Å². The van der Waals surface area contributed by atoms with Gasteiger partial charge in [-0.25, -0.2) is 0 Å². The first-order chi connectivity index (χ1) is 18.6. The topological polar surface area (TPSA) is 135 Å². The standard InChI is InChI=1S/C28H34N6O4/c35-15-5-12-29-26(38)21-8-4-13-33(17-21)27-30-25(20-7-3-9-22(37)16-20)31-28(32-27)34-14-11-19-6-1-2-10-23(19)24(34)18-36/h1-3,6-7,9-10,16,21,24,35-37H,4-5,8,11-15,17-18H2,(H,29,38)/t21?,24-/m0/s1. The van der Waals surface area contributed by atoms with E-state index in [-0.39, 0.29) is 36.8 Å². The van der Waals surface area contributed by atoms with Crippen LogP contribution in [0.4, 0.5) is 11.9 Å². The van der Waals surface area contributed by atoms with E-state index in [0.717, 1.165) is 24.8 Å². The van der Waals surface area contributed by atoms with Crippen molar-refractivity contribution < 1.29 is 20.1 Å². The van der Waals surface area contributed by atoms with Crippen molar-refractivity contribution in [3.8, 4) is 17.1 Å². The molecule has 2 atom stereocenters. The minimum Gasteiger partial charge on any atom is -0.508 e. The third kappa shape index (κ3) is 5.56. The molecule has 3 heterocycles. The molecule has 2 aliphatic heterocycles. The number of aliphatic hydroxyl groups excluding tert-OH is 2. The van der Waals surface area contributed by atoms with Crippen molar-refractivity contribution in [2.45, 2.75) is 31.7 Å². The Kier molecular flexibility index (Phi) is 8.00. The fourth-order valence-electron chi connectivity index (χ4n) is 5.29. The van der Waals surface area contributed by atoms with Crippen LogP contribution in [-0.4, -0.2) is 75.6 Å². The lowest BCUT2D eigenvalue weighted by molar-refractivity contribution is -0.125. The molecule has 0 spiro atoms. The number of nitrogens with zero attached hydrogens (tertiary/aromatic N) is 5. The second-order valence-electron chi connectivity index (χ2n) is 9.80. The molecule has 2 aromatic carbocycles. The molecular weight excluding hydrogens is 484 g/mol. The van der Waals surface area contributed by atoms with Crippen LogP contribution in [0.25, 0.3) is 11.4 Å². The summed E-state index contributed by atoms with van der Waals surface area (Å²) in [5.41, 5.74) is 2.92. The van der Waals surface area contributed by atoms with Crippen molar-refractivity contribution in [2.24, 2.45) is 5.92 Å². The van der Waals surface area contributed by atoms with Crippen LogP contribution < -0.4 is 15.1 Å². The van der Waals surface area contributed by atoms with E-state index in [2.05, 4.69) is 11.4 Å². The lowest BCUT2D eigenvalue weighted by Gasteiger charge is -2.37. The molecule has 0 bridgehead atoms. The molecule has 1 unspecified atom stereocenters. The van der Waals surface area contributed by atoms with E-state index in [1.165, 1.54) is 5.56 Å². The average molecular weight is 519 g/mol. The van der Waals surface area contributed by atoms with Gasteiger partial charge in [-0.3, -0.25) is 4.79 Å². The third-order valence-electron chi connectivity index (χ3n) is 7.27. The molecule has 10 nitrogen and oxygen atoms in total. The zero-order valence-electron chi connectivity index (χ0n) is 21.3. The molecular formula is C28H34N6O4. The van der Waals surface area contributed by atoms with Gasteiger partial charge in [-0.15, -0.1) is 0 Å². The average Bonchev–Trinajstić information content (AvgIpc) is 2.96. The van der Waals surface area contributed by atoms with Crippen LogP contribution in [0.15, 0.2) is 48.5 Å². The normalized spacial score (nSPS) is 19.2. The van der Waals surface area contributed by atoms with E-state index in [9.17, 15) is 15.0 Å². The van der Waals surface area contributed by atoms with E-state index in [4.69, 9.17) is 20.1 Å². The predicted octanol–water partition coefficient (Wildman–Crippen LogP) is 2.06. The number of carbonyl (C=O) groups excluding carboxylic acids is 1. The number of aromatic hydroxyl groups is 1. The Morgan fingerprint density at radius 1 is 1.03 bits per heavy atom. The predicted molar refractivity (Wildman–Crippen MR) is 144 cm³/mol. The summed E-state index contributed by atoms with van der Waals surface area (Å²) < 4.78 is 0. The van der Waals surface area contributed by atoms with Crippen LogP contribution in [0.5, 0.6) is 5.75 Å². The van der Waals surface area contributed by atoms with Crippen molar-refractivity contribution in [1.82, 2.24) is 20.3 Å². The molecule has 5 rings (SSSR count). The highest BCUT2D eigenvalue weighted by atomic mass is 16.3. The first-order valence-electron chi connectivity index (χ1n) is 13.2. The van der Waals surface area contributed by atoms with Crippen LogP contribution in [0, 0.1) is 5.92 Å². The van der Waals surface area contributed by atoms with Crippen molar-refractivity contribution in [3.63, 3.8) is 0 Å². The fourth-order valence-corrected chi connectivity index (χ4v) is 5.29. The zero-order chi connectivity index (χ0) is 26.5. The minimum atomic E-state index is -0.293. The van der Waals surface area contributed by atoms with Gasteiger partial charge in [0.2, 0.25) is 17.8 Å². The van der Waals surface area contributed by atoms with Gasteiger partial charge in [-0.05, 0) is 48.9 Å². The number of anilines is 2. The quantitative estimate of drug-likeness (QED) is 0.331. The molecule has 0 radical (unpaired) electrons. The van der Waals surface area contributed by atoms with E-state index in [1.54, 1.807) is 18.2 Å². The lowest BCUT2D eigenvalue weighted by atomic mass is 9.93. The van der Waals surface area contributed by atoms with Crippen LogP contribution >= 0.6 is 0 Å². The minimum absolute atomic E-state index is 0.0291. The van der Waals surface area contributed by atoms with Gasteiger partial charge < -0.3 is 30.4 Å². The van der Waals surface area contributed by atoms with Gasteiger partial charge in [-0.1, -0.05) is 36.4 Å². The number of nitrogens with one attached hydrogen (secondary N) is 1. The van der Waals surface area contributed by atoms with Gasteiger partial charge in [0, 0.05) is 38.3 Å². The highest BCUT2D eigenvalue weighted by Gasteiger charge is 2.32. The molecule has 200 valence electrons. The van der Waals surface area contributed by atoms with E-state index in [0.29, 0.717) is 55.9 Å². The Labute approximate surface area is 222 Å². The maximum Gasteiger partial charge on any atom is 0.231 e. The van der Waals surface area contributed by atoms with Crippen molar-refractivity contribution in [2.75, 3.05) is 49.2 Å². The maximum atomic E-state index is 12.8. The smallest absolute Gasteiger partial charge is 0.231 e. The van der Waals surface area contributed by atoms with E-state index >= 15 is 0 Å². The zero-order valence-corrected chi connectivity index (χ0v) is 21.3. The number of phenolic OH excluding ortho intramolecular Hbond substituents is 1. The van der Waals surface area contributed by atoms with Crippen molar-refractivity contribution in [1.29, 1.82) is 0 Å². The summed E-state index contributed by atoms with van der Waals surface area (Å²) in [6.45, 7) is 2.22. The van der Waals surface area contributed by atoms with Crippen molar-refractivity contribution in [3.05, 3.63) is 59.7 Å². The number of fused-ring (bicyclic) bond motifs is 1. The molecule has 3 aromatic rings. The summed E-state index contributed by atoms with van der Waals surface area (Å²) in [5, 5.41) is 32.4. The Balaban J connectivity index is 1.49. The van der Waals surface area contributed by atoms with E-state index in [1.807, 2.05) is 34.1 Å².